The molecule has 5 heterocycles. The van der Waals surface area contributed by atoms with Gasteiger partial charge in [-0.15, -0.1) is 0 Å². The van der Waals surface area contributed by atoms with Crippen LogP contribution in [0.2, 0.25) is 0 Å². The van der Waals surface area contributed by atoms with Gasteiger partial charge in [0.25, 0.3) is 0 Å². The van der Waals surface area contributed by atoms with Crippen molar-refractivity contribution in [1.82, 2.24) is 30.1 Å². The molecular weight excluding hydrogens is 392 g/mol. The molecule has 0 amide bonds. The smallest absolute Gasteiger partial charge is 0.228 e. The zero-order valence-electron chi connectivity index (χ0n) is 17.4. The summed E-state index contributed by atoms with van der Waals surface area (Å²) >= 11 is 0. The zero-order valence-corrected chi connectivity index (χ0v) is 17.4. The third kappa shape index (κ3) is 3.94. The number of nitrogens with one attached hydrogen (secondary N) is 1. The second-order valence-electron chi connectivity index (χ2n) is 7.49. The standard InChI is InChI=1S/C22H22N8O/c1-14-12-20(27-19-7-3-4-8-24-19)28-22(26-14)30-11-5-6-17(30)18-13-16(29-31-18)21-15(2)23-9-10-25-21/h3-4,7-10,12-13,17H,5-6,11H2,1-2H3,(H,24,26,27,28)/t17-/m0/s1. The average molecular weight is 414 g/mol. The summed E-state index contributed by atoms with van der Waals surface area (Å²) < 4.78 is 5.73. The third-order valence-corrected chi connectivity index (χ3v) is 5.25. The van der Waals surface area contributed by atoms with Gasteiger partial charge in [0.2, 0.25) is 5.95 Å². The van der Waals surface area contributed by atoms with Crippen LogP contribution in [0.4, 0.5) is 17.6 Å². The molecule has 1 aliphatic heterocycles. The molecule has 1 fully saturated rings. The number of hydrogen-bond acceptors (Lipinski definition) is 9. The minimum Gasteiger partial charge on any atom is -0.358 e. The topological polar surface area (TPSA) is 106 Å². The van der Waals surface area contributed by atoms with Crippen molar-refractivity contribution < 1.29 is 4.52 Å². The molecule has 156 valence electrons. The molecule has 0 radical (unpaired) electrons. The van der Waals surface area contributed by atoms with Crippen LogP contribution in [-0.2, 0) is 0 Å². The molecular formula is C22H22N8O. The van der Waals surface area contributed by atoms with E-state index in [4.69, 9.17) is 9.51 Å². The first kappa shape index (κ1) is 19.1. The summed E-state index contributed by atoms with van der Waals surface area (Å²) in [5, 5.41) is 7.50. The van der Waals surface area contributed by atoms with E-state index in [1.165, 1.54) is 0 Å². The maximum Gasteiger partial charge on any atom is 0.228 e. The van der Waals surface area contributed by atoms with Crippen LogP contribution in [0.25, 0.3) is 11.4 Å². The molecule has 1 atom stereocenters. The van der Waals surface area contributed by atoms with E-state index in [9.17, 15) is 0 Å². The Hall–Kier alpha value is -3.88. The lowest BCUT2D eigenvalue weighted by Crippen LogP contribution is -2.25. The molecule has 4 aromatic heterocycles. The first-order valence-corrected chi connectivity index (χ1v) is 10.2. The van der Waals surface area contributed by atoms with E-state index in [-0.39, 0.29) is 6.04 Å². The Labute approximate surface area is 179 Å². The maximum absolute atomic E-state index is 5.73. The minimum atomic E-state index is 0.0164. The molecule has 31 heavy (non-hydrogen) atoms. The Morgan fingerprint density at radius 1 is 1.00 bits per heavy atom. The fraction of sp³-hybridized carbons (Fsp3) is 0.273. The van der Waals surface area contributed by atoms with Crippen LogP contribution in [0.1, 0.15) is 36.0 Å². The molecule has 5 rings (SSSR count). The van der Waals surface area contributed by atoms with Gasteiger partial charge in [-0.05, 0) is 38.8 Å². The van der Waals surface area contributed by atoms with Gasteiger partial charge in [0.15, 0.2) is 5.76 Å². The molecule has 0 aliphatic carbocycles. The lowest BCUT2D eigenvalue weighted by atomic mass is 10.1. The third-order valence-electron chi connectivity index (χ3n) is 5.25. The van der Waals surface area contributed by atoms with E-state index in [1.54, 1.807) is 18.6 Å². The van der Waals surface area contributed by atoms with Gasteiger partial charge in [-0.2, -0.15) is 4.98 Å². The second-order valence-corrected chi connectivity index (χ2v) is 7.49. The van der Waals surface area contributed by atoms with Crippen molar-refractivity contribution in [3.8, 4) is 11.4 Å². The Bertz CT molecular complexity index is 1190. The van der Waals surface area contributed by atoms with Crippen LogP contribution in [0.15, 0.2) is 53.4 Å². The molecule has 0 bridgehead atoms. The Morgan fingerprint density at radius 3 is 2.74 bits per heavy atom. The minimum absolute atomic E-state index is 0.0164. The van der Waals surface area contributed by atoms with Crippen LogP contribution >= 0.6 is 0 Å². The van der Waals surface area contributed by atoms with Gasteiger partial charge in [-0.25, -0.2) is 9.97 Å². The molecule has 0 aromatic carbocycles. The summed E-state index contributed by atoms with van der Waals surface area (Å²) in [4.78, 5) is 24.6. The van der Waals surface area contributed by atoms with Crippen molar-refractivity contribution in [3.05, 3.63) is 66.1 Å². The van der Waals surface area contributed by atoms with Gasteiger partial charge >= 0.3 is 0 Å². The largest absolute Gasteiger partial charge is 0.358 e. The fourth-order valence-corrected chi connectivity index (χ4v) is 3.83. The number of hydrogen-bond donors (Lipinski definition) is 1. The van der Waals surface area contributed by atoms with Crippen molar-refractivity contribution in [3.63, 3.8) is 0 Å². The van der Waals surface area contributed by atoms with E-state index >= 15 is 0 Å². The average Bonchev–Trinajstić information content (AvgIpc) is 3.44. The SMILES string of the molecule is Cc1cc(Nc2ccccn2)nc(N2CCC[C@H]2c2cc(-c3nccnc3C)no2)n1. The van der Waals surface area contributed by atoms with Crippen LogP contribution in [-0.4, -0.2) is 36.6 Å². The highest BCUT2D eigenvalue weighted by Gasteiger charge is 2.32. The van der Waals surface area contributed by atoms with Crippen molar-refractivity contribution in [2.45, 2.75) is 32.7 Å². The van der Waals surface area contributed by atoms with Crippen LogP contribution in [0.3, 0.4) is 0 Å². The van der Waals surface area contributed by atoms with Crippen LogP contribution in [0.5, 0.6) is 0 Å². The quantitative estimate of drug-likeness (QED) is 0.518. The fourth-order valence-electron chi connectivity index (χ4n) is 3.83. The van der Waals surface area contributed by atoms with Crippen molar-refractivity contribution in [2.24, 2.45) is 0 Å². The number of anilines is 3. The number of pyridine rings is 1. The summed E-state index contributed by atoms with van der Waals surface area (Å²) in [5.74, 6) is 2.89. The van der Waals surface area contributed by atoms with Gasteiger partial charge in [-0.3, -0.25) is 9.97 Å². The number of nitrogens with zero attached hydrogens (tertiary/aromatic N) is 7. The summed E-state index contributed by atoms with van der Waals surface area (Å²) in [5.41, 5.74) is 3.12. The molecule has 9 heteroatoms. The molecule has 1 saturated heterocycles. The predicted molar refractivity (Wildman–Crippen MR) is 116 cm³/mol. The van der Waals surface area contributed by atoms with Crippen LogP contribution in [0, 0.1) is 13.8 Å². The van der Waals surface area contributed by atoms with Crippen molar-refractivity contribution in [2.75, 3.05) is 16.8 Å². The molecule has 4 aromatic rings. The lowest BCUT2D eigenvalue weighted by molar-refractivity contribution is 0.362. The molecule has 0 saturated carbocycles. The van der Waals surface area contributed by atoms with E-state index < -0.39 is 0 Å². The highest BCUT2D eigenvalue weighted by molar-refractivity contribution is 5.57. The first-order valence-electron chi connectivity index (χ1n) is 10.2. The van der Waals surface area contributed by atoms with Gasteiger partial charge in [-0.1, -0.05) is 11.2 Å². The summed E-state index contributed by atoms with van der Waals surface area (Å²) in [6.07, 6.45) is 7.03. The summed E-state index contributed by atoms with van der Waals surface area (Å²) in [7, 11) is 0. The van der Waals surface area contributed by atoms with Crippen molar-refractivity contribution >= 4 is 17.6 Å². The van der Waals surface area contributed by atoms with Gasteiger partial charge in [0.05, 0.1) is 11.7 Å². The van der Waals surface area contributed by atoms with E-state index in [0.29, 0.717) is 17.5 Å². The Balaban J connectivity index is 1.43. The van der Waals surface area contributed by atoms with Crippen molar-refractivity contribution in [1.29, 1.82) is 0 Å². The molecule has 1 aliphatic rings. The molecule has 1 N–H and O–H groups in total. The summed E-state index contributed by atoms with van der Waals surface area (Å²) in [6.45, 7) is 4.72. The highest BCUT2D eigenvalue weighted by atomic mass is 16.5. The molecule has 0 spiro atoms. The Morgan fingerprint density at radius 2 is 1.90 bits per heavy atom. The highest BCUT2D eigenvalue weighted by Crippen LogP contribution is 2.36. The van der Waals surface area contributed by atoms with E-state index in [0.717, 1.165) is 48.0 Å². The number of aryl methyl sites for hydroxylation is 2. The second kappa shape index (κ2) is 8.10. The Kier molecular flexibility index (Phi) is 4.99. The van der Waals surface area contributed by atoms with E-state index in [2.05, 4.69) is 35.3 Å². The first-order chi connectivity index (χ1) is 15.2. The maximum atomic E-state index is 5.73. The predicted octanol–water partition coefficient (Wildman–Crippen LogP) is 4.02. The number of aromatic nitrogens is 6. The van der Waals surface area contributed by atoms with Gasteiger partial charge in [0.1, 0.15) is 23.0 Å². The molecule has 0 unspecified atom stereocenters. The lowest BCUT2D eigenvalue weighted by Gasteiger charge is -2.23. The molecule has 9 nitrogen and oxygen atoms in total. The zero-order chi connectivity index (χ0) is 21.2. The normalized spacial score (nSPS) is 15.9. The van der Waals surface area contributed by atoms with E-state index in [1.807, 2.05) is 44.2 Å². The van der Waals surface area contributed by atoms with Gasteiger partial charge < -0.3 is 14.7 Å². The monoisotopic (exact) mass is 414 g/mol. The number of rotatable bonds is 5. The van der Waals surface area contributed by atoms with Crippen LogP contribution < -0.4 is 10.2 Å². The van der Waals surface area contributed by atoms with Gasteiger partial charge in [0, 0.05) is 43.0 Å². The summed E-state index contributed by atoms with van der Waals surface area (Å²) in [6, 6.07) is 9.59.